The Morgan fingerprint density at radius 3 is 2.59 bits per heavy atom. The number of aromatic nitrogens is 1. The Kier molecular flexibility index (Phi) is 10.0. The molecule has 1 aliphatic carbocycles. The average Bonchev–Trinajstić information content (AvgIpc) is 3.19. The van der Waals surface area contributed by atoms with Crippen LogP contribution in [0.2, 0.25) is 0 Å². The van der Waals surface area contributed by atoms with Gasteiger partial charge in [0.05, 0.1) is 18.6 Å². The summed E-state index contributed by atoms with van der Waals surface area (Å²) in [6.45, 7) is 4.17. The van der Waals surface area contributed by atoms with E-state index in [9.17, 15) is 14.7 Å². The maximum atomic E-state index is 13.1. The molecule has 1 fully saturated rings. The Hall–Kier alpha value is -1.86. The zero-order valence-corrected chi connectivity index (χ0v) is 22.3. The summed E-state index contributed by atoms with van der Waals surface area (Å²) in [5, 5.41) is 18.2. The van der Waals surface area contributed by atoms with Crippen LogP contribution in [-0.4, -0.2) is 41.1 Å². The standard InChI is InChI=1S/C27H40BrN3O3/c1-17(2)11-19(27(34)29-3)13-25(32)24(12-18-7-5-4-6-8-18)31-26(33)14-20-16-30-23-10-9-21(28)15-22(20)23/h9-10,15-19,24-25,30,32H,4-8,11-14H2,1-3H3,(H,29,34)(H,31,33)/t19-,24+,25+/m1/s1. The summed E-state index contributed by atoms with van der Waals surface area (Å²) in [6, 6.07) is 5.62. The van der Waals surface area contributed by atoms with Gasteiger partial charge < -0.3 is 20.7 Å². The molecule has 0 spiro atoms. The Balaban J connectivity index is 1.72. The van der Waals surface area contributed by atoms with Gasteiger partial charge in [-0.2, -0.15) is 0 Å². The van der Waals surface area contributed by atoms with E-state index in [1.54, 1.807) is 7.05 Å². The van der Waals surface area contributed by atoms with Crippen LogP contribution >= 0.6 is 15.9 Å². The maximum absolute atomic E-state index is 13.1. The SMILES string of the molecule is CNC(=O)[C@H](CC(C)C)C[C@H](O)[C@H](CC1CCCCC1)NC(=O)Cc1c[nH]c2ccc(Br)cc12. The van der Waals surface area contributed by atoms with Gasteiger partial charge >= 0.3 is 0 Å². The topological polar surface area (TPSA) is 94.2 Å². The molecule has 188 valence electrons. The van der Waals surface area contributed by atoms with Crippen LogP contribution in [0.25, 0.3) is 10.9 Å². The second-order valence-electron chi connectivity index (χ2n) is 10.3. The Bertz CT molecular complexity index is 952. The van der Waals surface area contributed by atoms with Crippen molar-refractivity contribution in [1.29, 1.82) is 0 Å². The fraction of sp³-hybridized carbons (Fsp3) is 0.630. The molecular weight excluding hydrogens is 494 g/mol. The molecule has 2 amide bonds. The number of carbonyl (C=O) groups is 2. The molecular formula is C27H40BrN3O3. The number of hydrogen-bond donors (Lipinski definition) is 4. The monoisotopic (exact) mass is 533 g/mol. The van der Waals surface area contributed by atoms with Crippen molar-refractivity contribution < 1.29 is 14.7 Å². The number of H-pyrrole nitrogens is 1. The van der Waals surface area contributed by atoms with E-state index in [1.807, 2.05) is 24.4 Å². The van der Waals surface area contributed by atoms with Gasteiger partial charge in [-0.05, 0) is 54.9 Å². The highest BCUT2D eigenvalue weighted by Gasteiger charge is 2.30. The minimum absolute atomic E-state index is 0.0418. The predicted octanol–water partition coefficient (Wildman–Crippen LogP) is 5.09. The predicted molar refractivity (Wildman–Crippen MR) is 140 cm³/mol. The summed E-state index contributed by atoms with van der Waals surface area (Å²) in [4.78, 5) is 28.8. The number of fused-ring (bicyclic) bond motifs is 1. The molecule has 0 aliphatic heterocycles. The number of aliphatic hydroxyl groups excluding tert-OH is 1. The molecule has 6 nitrogen and oxygen atoms in total. The molecule has 4 N–H and O–H groups in total. The third kappa shape index (κ3) is 7.57. The van der Waals surface area contributed by atoms with Crippen LogP contribution < -0.4 is 10.6 Å². The normalized spacial score (nSPS) is 17.5. The van der Waals surface area contributed by atoms with Crippen LogP contribution in [0, 0.1) is 17.8 Å². The summed E-state index contributed by atoms with van der Waals surface area (Å²) in [5.74, 6) is 0.445. The zero-order valence-electron chi connectivity index (χ0n) is 20.7. The largest absolute Gasteiger partial charge is 0.391 e. The van der Waals surface area contributed by atoms with Crippen molar-refractivity contribution in [2.24, 2.45) is 17.8 Å². The van der Waals surface area contributed by atoms with E-state index in [-0.39, 0.29) is 30.2 Å². The number of halogens is 1. The molecule has 3 rings (SSSR count). The van der Waals surface area contributed by atoms with E-state index < -0.39 is 6.10 Å². The van der Waals surface area contributed by atoms with E-state index in [2.05, 4.69) is 45.4 Å². The number of rotatable bonds is 11. The number of amides is 2. The van der Waals surface area contributed by atoms with Crippen molar-refractivity contribution in [2.75, 3.05) is 7.05 Å². The van der Waals surface area contributed by atoms with Gasteiger partial charge in [0.15, 0.2) is 0 Å². The van der Waals surface area contributed by atoms with Crippen LogP contribution in [0.5, 0.6) is 0 Å². The first-order valence-corrected chi connectivity index (χ1v) is 13.5. The Morgan fingerprint density at radius 1 is 1.18 bits per heavy atom. The number of benzene rings is 1. The fourth-order valence-corrected chi connectivity index (χ4v) is 5.72. The molecule has 2 aromatic rings. The number of aromatic amines is 1. The molecule has 1 aromatic carbocycles. The highest BCUT2D eigenvalue weighted by Crippen LogP contribution is 2.30. The lowest BCUT2D eigenvalue weighted by molar-refractivity contribution is -0.126. The number of hydrogen-bond acceptors (Lipinski definition) is 3. The highest BCUT2D eigenvalue weighted by molar-refractivity contribution is 9.10. The van der Waals surface area contributed by atoms with Crippen molar-refractivity contribution in [3.05, 3.63) is 34.4 Å². The average molecular weight is 535 g/mol. The quantitative estimate of drug-likeness (QED) is 0.324. The highest BCUT2D eigenvalue weighted by atomic mass is 79.9. The summed E-state index contributed by atoms with van der Waals surface area (Å²) in [5.41, 5.74) is 1.93. The van der Waals surface area contributed by atoms with Crippen molar-refractivity contribution in [3.8, 4) is 0 Å². The third-order valence-corrected chi connectivity index (χ3v) is 7.60. The molecule has 0 radical (unpaired) electrons. The lowest BCUT2D eigenvalue weighted by Gasteiger charge is -2.32. The summed E-state index contributed by atoms with van der Waals surface area (Å²) in [6.07, 6.45) is 9.15. The molecule has 0 saturated heterocycles. The summed E-state index contributed by atoms with van der Waals surface area (Å²) >= 11 is 3.51. The van der Waals surface area contributed by atoms with E-state index >= 15 is 0 Å². The molecule has 1 aliphatic rings. The van der Waals surface area contributed by atoms with Crippen molar-refractivity contribution in [2.45, 2.75) is 83.8 Å². The van der Waals surface area contributed by atoms with Crippen LogP contribution in [0.15, 0.2) is 28.9 Å². The fourth-order valence-electron chi connectivity index (χ4n) is 5.36. The minimum Gasteiger partial charge on any atom is -0.391 e. The van der Waals surface area contributed by atoms with E-state index in [1.165, 1.54) is 19.3 Å². The molecule has 1 heterocycles. The number of carbonyl (C=O) groups excluding carboxylic acids is 2. The Morgan fingerprint density at radius 2 is 1.91 bits per heavy atom. The van der Waals surface area contributed by atoms with Crippen LogP contribution in [0.3, 0.4) is 0 Å². The lowest BCUT2D eigenvalue weighted by atomic mass is 9.81. The Labute approximate surface area is 211 Å². The smallest absolute Gasteiger partial charge is 0.224 e. The van der Waals surface area contributed by atoms with Gasteiger partial charge in [-0.1, -0.05) is 61.9 Å². The number of nitrogens with one attached hydrogen (secondary N) is 3. The molecule has 0 unspecified atom stereocenters. The zero-order chi connectivity index (χ0) is 24.7. The number of aliphatic hydroxyl groups is 1. The van der Waals surface area contributed by atoms with Crippen LogP contribution in [0.1, 0.15) is 70.8 Å². The van der Waals surface area contributed by atoms with Gasteiger partial charge in [0.2, 0.25) is 11.8 Å². The first-order valence-electron chi connectivity index (χ1n) is 12.7. The summed E-state index contributed by atoms with van der Waals surface area (Å²) < 4.78 is 0.970. The van der Waals surface area contributed by atoms with Crippen molar-refractivity contribution in [1.82, 2.24) is 15.6 Å². The van der Waals surface area contributed by atoms with Crippen molar-refractivity contribution >= 4 is 38.6 Å². The molecule has 3 atom stereocenters. The van der Waals surface area contributed by atoms with Gasteiger partial charge in [-0.15, -0.1) is 0 Å². The van der Waals surface area contributed by atoms with Crippen LogP contribution in [-0.2, 0) is 16.0 Å². The first kappa shape index (κ1) is 26.7. The van der Waals surface area contributed by atoms with E-state index in [0.29, 0.717) is 24.7 Å². The maximum Gasteiger partial charge on any atom is 0.224 e. The second kappa shape index (κ2) is 12.7. The first-order chi connectivity index (χ1) is 16.3. The second-order valence-corrected chi connectivity index (χ2v) is 11.3. The van der Waals surface area contributed by atoms with Gasteiger partial charge in [0.1, 0.15) is 0 Å². The van der Waals surface area contributed by atoms with E-state index in [0.717, 1.165) is 40.2 Å². The lowest BCUT2D eigenvalue weighted by Crippen LogP contribution is -2.47. The van der Waals surface area contributed by atoms with E-state index in [4.69, 9.17) is 0 Å². The van der Waals surface area contributed by atoms with Gasteiger partial charge in [-0.25, -0.2) is 0 Å². The summed E-state index contributed by atoms with van der Waals surface area (Å²) in [7, 11) is 1.64. The van der Waals surface area contributed by atoms with Gasteiger partial charge in [-0.3, -0.25) is 9.59 Å². The molecule has 34 heavy (non-hydrogen) atoms. The van der Waals surface area contributed by atoms with Crippen molar-refractivity contribution in [3.63, 3.8) is 0 Å². The molecule has 1 saturated carbocycles. The van der Waals surface area contributed by atoms with Gasteiger partial charge in [0, 0.05) is 34.5 Å². The molecule has 7 heteroatoms. The molecule has 1 aromatic heterocycles. The van der Waals surface area contributed by atoms with Gasteiger partial charge in [0.25, 0.3) is 0 Å². The van der Waals surface area contributed by atoms with Crippen LogP contribution in [0.4, 0.5) is 0 Å². The minimum atomic E-state index is -0.760. The third-order valence-electron chi connectivity index (χ3n) is 7.10. The molecule has 0 bridgehead atoms.